The number of benzene rings is 1. The second kappa shape index (κ2) is 10.1. The first kappa shape index (κ1) is 19.3. The van der Waals surface area contributed by atoms with Crippen LogP contribution < -0.4 is 20.1 Å². The maximum Gasteiger partial charge on any atom is 0.338 e. The summed E-state index contributed by atoms with van der Waals surface area (Å²) in [5.41, 5.74) is 0.194. The second-order valence-electron chi connectivity index (χ2n) is 4.80. The Morgan fingerprint density at radius 1 is 0.958 bits per heavy atom. The van der Waals surface area contributed by atoms with E-state index in [1.165, 1.54) is 26.4 Å². The van der Waals surface area contributed by atoms with Crippen LogP contribution in [-0.4, -0.2) is 51.7 Å². The number of ether oxygens (including phenoxy) is 3. The number of nitrogens with one attached hydrogen (secondary N) is 2. The molecule has 0 spiro atoms. The summed E-state index contributed by atoms with van der Waals surface area (Å²) in [6.45, 7) is 1.82. The van der Waals surface area contributed by atoms with Gasteiger partial charge in [-0.1, -0.05) is 6.92 Å². The molecule has 1 rings (SSSR count). The lowest BCUT2D eigenvalue weighted by atomic mass is 10.2. The molecule has 0 radical (unpaired) electrons. The maximum atomic E-state index is 12.0. The van der Waals surface area contributed by atoms with Gasteiger partial charge in [-0.05, 0) is 18.6 Å². The zero-order valence-corrected chi connectivity index (χ0v) is 14.0. The fourth-order valence-electron chi connectivity index (χ4n) is 1.70. The van der Waals surface area contributed by atoms with Gasteiger partial charge in [0.05, 0.1) is 26.3 Å². The van der Waals surface area contributed by atoms with Gasteiger partial charge in [0.2, 0.25) is 5.91 Å². The van der Waals surface area contributed by atoms with Gasteiger partial charge in [0.1, 0.15) is 11.5 Å². The van der Waals surface area contributed by atoms with Crippen molar-refractivity contribution >= 4 is 17.8 Å². The van der Waals surface area contributed by atoms with Crippen LogP contribution in [-0.2, 0) is 14.3 Å². The Kier molecular flexibility index (Phi) is 8.10. The predicted octanol–water partition coefficient (Wildman–Crippen LogP) is 0.503. The van der Waals surface area contributed by atoms with Gasteiger partial charge in [-0.3, -0.25) is 9.59 Å². The highest BCUT2D eigenvalue weighted by Gasteiger charge is 2.13. The van der Waals surface area contributed by atoms with Gasteiger partial charge < -0.3 is 24.8 Å². The van der Waals surface area contributed by atoms with Crippen molar-refractivity contribution in [2.45, 2.75) is 13.3 Å². The van der Waals surface area contributed by atoms with Crippen molar-refractivity contribution in [3.63, 3.8) is 0 Å². The average Bonchev–Trinajstić information content (AvgIpc) is 2.61. The first-order chi connectivity index (χ1) is 11.5. The molecule has 0 atom stereocenters. The van der Waals surface area contributed by atoms with Gasteiger partial charge in [-0.15, -0.1) is 0 Å². The molecule has 0 aromatic heterocycles. The van der Waals surface area contributed by atoms with E-state index in [2.05, 4.69) is 10.6 Å². The van der Waals surface area contributed by atoms with E-state index in [1.54, 1.807) is 6.07 Å². The maximum absolute atomic E-state index is 12.0. The SMILES string of the molecule is CCCNC(=O)CNC(=O)COC(=O)c1cc(OC)cc(OC)c1. The van der Waals surface area contributed by atoms with E-state index in [0.29, 0.717) is 18.0 Å². The van der Waals surface area contributed by atoms with E-state index in [4.69, 9.17) is 14.2 Å². The van der Waals surface area contributed by atoms with Gasteiger partial charge in [-0.2, -0.15) is 0 Å². The van der Waals surface area contributed by atoms with Gasteiger partial charge in [0.15, 0.2) is 6.61 Å². The van der Waals surface area contributed by atoms with Crippen LogP contribution in [0.3, 0.4) is 0 Å². The van der Waals surface area contributed by atoms with Crippen LogP contribution in [0.15, 0.2) is 18.2 Å². The number of hydrogen-bond acceptors (Lipinski definition) is 6. The second-order valence-corrected chi connectivity index (χ2v) is 4.80. The normalized spacial score (nSPS) is 9.79. The zero-order valence-electron chi connectivity index (χ0n) is 14.0. The fourth-order valence-corrected chi connectivity index (χ4v) is 1.70. The number of hydrogen-bond donors (Lipinski definition) is 2. The third-order valence-electron chi connectivity index (χ3n) is 2.94. The van der Waals surface area contributed by atoms with Crippen molar-refractivity contribution < 1.29 is 28.6 Å². The number of esters is 1. The lowest BCUT2D eigenvalue weighted by Gasteiger charge is -2.09. The first-order valence-electron chi connectivity index (χ1n) is 7.43. The summed E-state index contributed by atoms with van der Waals surface area (Å²) in [7, 11) is 2.92. The molecule has 0 aliphatic rings. The van der Waals surface area contributed by atoms with Crippen molar-refractivity contribution in [3.8, 4) is 11.5 Å². The molecule has 0 fully saturated rings. The third kappa shape index (κ3) is 6.55. The summed E-state index contributed by atoms with van der Waals surface area (Å²) < 4.78 is 15.0. The minimum absolute atomic E-state index is 0.163. The molecule has 2 N–H and O–H groups in total. The Morgan fingerprint density at radius 3 is 2.12 bits per heavy atom. The van der Waals surface area contributed by atoms with E-state index < -0.39 is 18.5 Å². The number of carbonyl (C=O) groups is 3. The number of amides is 2. The number of carbonyl (C=O) groups excluding carboxylic acids is 3. The molecule has 0 aliphatic carbocycles. The summed E-state index contributed by atoms with van der Waals surface area (Å²) in [5.74, 6) is -0.701. The van der Waals surface area contributed by atoms with Crippen LogP contribution in [0.1, 0.15) is 23.7 Å². The summed E-state index contributed by atoms with van der Waals surface area (Å²) in [5, 5.41) is 4.98. The van der Waals surface area contributed by atoms with Crippen molar-refractivity contribution in [3.05, 3.63) is 23.8 Å². The Labute approximate surface area is 140 Å². The highest BCUT2D eigenvalue weighted by molar-refractivity contribution is 5.92. The molecule has 0 heterocycles. The summed E-state index contributed by atoms with van der Waals surface area (Å²) >= 11 is 0. The molecule has 1 aromatic rings. The topological polar surface area (TPSA) is 103 Å². The van der Waals surface area contributed by atoms with Crippen molar-refractivity contribution in [1.82, 2.24) is 10.6 Å². The van der Waals surface area contributed by atoms with Gasteiger partial charge >= 0.3 is 5.97 Å². The molecule has 0 aliphatic heterocycles. The summed E-state index contributed by atoms with van der Waals surface area (Å²) in [6.07, 6.45) is 0.807. The fraction of sp³-hybridized carbons (Fsp3) is 0.438. The van der Waals surface area contributed by atoms with Crippen LogP contribution in [0.25, 0.3) is 0 Å². The quantitative estimate of drug-likeness (QED) is 0.636. The Morgan fingerprint density at radius 2 is 1.58 bits per heavy atom. The zero-order chi connectivity index (χ0) is 17.9. The van der Waals surface area contributed by atoms with Crippen molar-refractivity contribution in [1.29, 1.82) is 0 Å². The molecule has 8 heteroatoms. The molecule has 0 saturated heterocycles. The van der Waals surface area contributed by atoms with Crippen molar-refractivity contribution in [2.75, 3.05) is 33.9 Å². The van der Waals surface area contributed by atoms with Crippen LogP contribution in [0, 0.1) is 0 Å². The van der Waals surface area contributed by atoms with Crippen molar-refractivity contribution in [2.24, 2.45) is 0 Å². The molecular formula is C16H22N2O6. The first-order valence-corrected chi connectivity index (χ1v) is 7.43. The molecule has 0 bridgehead atoms. The number of methoxy groups -OCH3 is 2. The molecule has 0 saturated carbocycles. The van der Waals surface area contributed by atoms with Crippen LogP contribution in [0.2, 0.25) is 0 Å². The van der Waals surface area contributed by atoms with E-state index in [-0.39, 0.29) is 18.0 Å². The summed E-state index contributed by atoms with van der Waals surface area (Å²) in [4.78, 5) is 34.9. The number of rotatable bonds is 9. The third-order valence-corrected chi connectivity index (χ3v) is 2.94. The average molecular weight is 338 g/mol. The molecule has 8 nitrogen and oxygen atoms in total. The Hall–Kier alpha value is -2.77. The molecule has 0 unspecified atom stereocenters. The molecule has 24 heavy (non-hydrogen) atoms. The van der Waals surface area contributed by atoms with Gasteiger partial charge in [0, 0.05) is 12.6 Å². The minimum atomic E-state index is -0.696. The van der Waals surface area contributed by atoms with Crippen LogP contribution in [0.4, 0.5) is 0 Å². The largest absolute Gasteiger partial charge is 0.497 e. The standard InChI is InChI=1S/C16H22N2O6/c1-4-5-17-14(19)9-18-15(20)10-24-16(21)11-6-12(22-2)8-13(7-11)23-3/h6-8H,4-5,9-10H2,1-3H3,(H,17,19)(H,18,20). The minimum Gasteiger partial charge on any atom is -0.497 e. The van der Waals surface area contributed by atoms with Crippen LogP contribution >= 0.6 is 0 Å². The molecular weight excluding hydrogens is 316 g/mol. The summed E-state index contributed by atoms with van der Waals surface area (Å²) in [6, 6.07) is 4.56. The Bertz CT molecular complexity index is 566. The smallest absolute Gasteiger partial charge is 0.338 e. The highest BCUT2D eigenvalue weighted by atomic mass is 16.5. The molecule has 132 valence electrons. The lowest BCUT2D eigenvalue weighted by molar-refractivity contribution is -0.127. The van der Waals surface area contributed by atoms with Gasteiger partial charge in [0.25, 0.3) is 5.91 Å². The van der Waals surface area contributed by atoms with E-state index >= 15 is 0 Å². The van der Waals surface area contributed by atoms with E-state index in [0.717, 1.165) is 6.42 Å². The van der Waals surface area contributed by atoms with E-state index in [9.17, 15) is 14.4 Å². The van der Waals surface area contributed by atoms with E-state index in [1.807, 2.05) is 6.92 Å². The lowest BCUT2D eigenvalue weighted by Crippen LogP contribution is -2.38. The Balaban J connectivity index is 2.48. The van der Waals surface area contributed by atoms with Crippen LogP contribution in [0.5, 0.6) is 11.5 Å². The molecule has 2 amide bonds. The van der Waals surface area contributed by atoms with Gasteiger partial charge in [-0.25, -0.2) is 4.79 Å². The highest BCUT2D eigenvalue weighted by Crippen LogP contribution is 2.22. The molecule has 1 aromatic carbocycles. The predicted molar refractivity (Wildman–Crippen MR) is 86.1 cm³/mol. The monoisotopic (exact) mass is 338 g/mol.